The lowest BCUT2D eigenvalue weighted by Gasteiger charge is -2.13. The molecule has 22 heavy (non-hydrogen) atoms. The highest BCUT2D eigenvalue weighted by molar-refractivity contribution is 5.86. The number of ether oxygens (including phenoxy) is 4. The third kappa shape index (κ3) is 11.0. The molecule has 2 atom stereocenters. The third-order valence-corrected chi connectivity index (χ3v) is 2.13. The molecule has 0 aromatic heterocycles. The van der Waals surface area contributed by atoms with Crippen molar-refractivity contribution in [1.29, 1.82) is 0 Å². The molecule has 0 aromatic rings. The minimum Gasteiger partial charge on any atom is -0.460 e. The fourth-order valence-corrected chi connectivity index (χ4v) is 1.06. The first-order valence-corrected chi connectivity index (χ1v) is 6.50. The van der Waals surface area contributed by atoms with E-state index in [0.29, 0.717) is 0 Å². The molecule has 0 radical (unpaired) electrons. The number of carbonyl (C=O) groups is 2. The van der Waals surface area contributed by atoms with Gasteiger partial charge in [-0.15, -0.1) is 0 Å². The number of hydrogen-bond donors (Lipinski definition) is 2. The van der Waals surface area contributed by atoms with E-state index >= 15 is 0 Å². The fraction of sp³-hybridized carbons (Fsp3) is 0.571. The molecule has 0 aliphatic carbocycles. The van der Waals surface area contributed by atoms with Crippen molar-refractivity contribution < 1.29 is 38.7 Å². The van der Waals surface area contributed by atoms with Crippen LogP contribution in [-0.4, -0.2) is 67.6 Å². The average molecular weight is 318 g/mol. The highest BCUT2D eigenvalue weighted by Gasteiger charge is 2.10. The van der Waals surface area contributed by atoms with Gasteiger partial charge in [-0.25, -0.2) is 9.59 Å². The first-order chi connectivity index (χ1) is 10.4. The lowest BCUT2D eigenvalue weighted by atomic mass is 10.3. The summed E-state index contributed by atoms with van der Waals surface area (Å²) in [5, 5.41) is 18.8. The summed E-state index contributed by atoms with van der Waals surface area (Å²) in [5.74, 6) is -1.23. The number of aliphatic hydroxyl groups is 2. The normalized spacial score (nSPS) is 13.0. The summed E-state index contributed by atoms with van der Waals surface area (Å²) < 4.78 is 19.2. The van der Waals surface area contributed by atoms with E-state index in [9.17, 15) is 19.8 Å². The van der Waals surface area contributed by atoms with Crippen molar-refractivity contribution in [2.75, 3.05) is 33.2 Å². The Morgan fingerprint density at radius 2 is 1.55 bits per heavy atom. The van der Waals surface area contributed by atoms with Crippen molar-refractivity contribution in [2.45, 2.75) is 19.1 Å². The minimum atomic E-state index is -0.995. The van der Waals surface area contributed by atoms with Crippen LogP contribution < -0.4 is 0 Å². The van der Waals surface area contributed by atoms with Crippen LogP contribution in [0.2, 0.25) is 0 Å². The van der Waals surface area contributed by atoms with Crippen LogP contribution in [0.1, 0.15) is 6.92 Å². The second kappa shape index (κ2) is 11.9. The van der Waals surface area contributed by atoms with Gasteiger partial charge < -0.3 is 29.2 Å². The fourth-order valence-electron chi connectivity index (χ4n) is 1.06. The van der Waals surface area contributed by atoms with Gasteiger partial charge in [0.1, 0.15) is 32.2 Å². The SMILES string of the molecule is C=CC(=O)OCC(O)COCOCC(O)COC(=O)C(=C)C. The molecular formula is C14H22O8. The van der Waals surface area contributed by atoms with Gasteiger partial charge in [-0.2, -0.15) is 0 Å². The predicted molar refractivity (Wildman–Crippen MR) is 75.7 cm³/mol. The van der Waals surface area contributed by atoms with Crippen LogP contribution in [0.25, 0.3) is 0 Å². The molecule has 0 saturated heterocycles. The Bertz CT molecular complexity index is 379. The lowest BCUT2D eigenvalue weighted by molar-refractivity contribution is -0.147. The van der Waals surface area contributed by atoms with Crippen LogP contribution in [0.3, 0.4) is 0 Å². The monoisotopic (exact) mass is 318 g/mol. The van der Waals surface area contributed by atoms with Crippen molar-refractivity contribution in [3.8, 4) is 0 Å². The molecule has 0 heterocycles. The maximum Gasteiger partial charge on any atom is 0.333 e. The molecule has 0 rings (SSSR count). The minimum absolute atomic E-state index is 0.106. The second-order valence-electron chi connectivity index (χ2n) is 4.38. The van der Waals surface area contributed by atoms with Gasteiger partial charge in [-0.05, 0) is 6.92 Å². The Hall–Kier alpha value is -1.74. The van der Waals surface area contributed by atoms with E-state index in [4.69, 9.17) is 14.2 Å². The van der Waals surface area contributed by atoms with E-state index in [1.165, 1.54) is 6.92 Å². The standard InChI is InChI=1S/C14H22O8/c1-4-13(17)21-7-11(15)5-19-9-20-6-12(16)8-22-14(18)10(2)3/h4,11-12,15-16H,1-2,5-9H2,3H3. The zero-order chi connectivity index (χ0) is 17.0. The second-order valence-corrected chi connectivity index (χ2v) is 4.38. The van der Waals surface area contributed by atoms with Crippen LogP contribution in [0.15, 0.2) is 24.8 Å². The highest BCUT2D eigenvalue weighted by Crippen LogP contribution is 1.95. The maximum atomic E-state index is 11.1. The quantitative estimate of drug-likeness (QED) is 0.215. The van der Waals surface area contributed by atoms with Crippen LogP contribution in [0.5, 0.6) is 0 Å². The van der Waals surface area contributed by atoms with Gasteiger partial charge >= 0.3 is 11.9 Å². The van der Waals surface area contributed by atoms with Gasteiger partial charge in [0.25, 0.3) is 0 Å². The van der Waals surface area contributed by atoms with E-state index in [1.807, 2.05) is 0 Å². The van der Waals surface area contributed by atoms with E-state index in [-0.39, 0.29) is 38.8 Å². The number of aliphatic hydroxyl groups excluding tert-OH is 2. The van der Waals surface area contributed by atoms with Crippen molar-refractivity contribution in [1.82, 2.24) is 0 Å². The zero-order valence-corrected chi connectivity index (χ0v) is 12.5. The Kier molecular flexibility index (Phi) is 10.9. The molecule has 0 aliphatic rings. The van der Waals surface area contributed by atoms with Crippen LogP contribution in [0, 0.1) is 0 Å². The number of rotatable bonds is 12. The van der Waals surface area contributed by atoms with Gasteiger partial charge in [-0.1, -0.05) is 13.2 Å². The summed E-state index contributed by atoms with van der Waals surface area (Å²) in [6, 6.07) is 0. The average Bonchev–Trinajstić information content (AvgIpc) is 2.49. The summed E-state index contributed by atoms with van der Waals surface area (Å²) >= 11 is 0. The van der Waals surface area contributed by atoms with Crippen LogP contribution >= 0.6 is 0 Å². The number of hydrogen-bond acceptors (Lipinski definition) is 8. The van der Waals surface area contributed by atoms with Gasteiger partial charge in [0.2, 0.25) is 0 Å². The van der Waals surface area contributed by atoms with Gasteiger partial charge in [0.05, 0.1) is 13.2 Å². The Labute approximate surface area is 128 Å². The van der Waals surface area contributed by atoms with Crippen LogP contribution in [-0.2, 0) is 28.5 Å². The van der Waals surface area contributed by atoms with Crippen LogP contribution in [0.4, 0.5) is 0 Å². The topological polar surface area (TPSA) is 112 Å². The van der Waals surface area contributed by atoms with Gasteiger partial charge in [-0.3, -0.25) is 0 Å². The first-order valence-electron chi connectivity index (χ1n) is 6.50. The summed E-state index contributed by atoms with van der Waals surface area (Å²) in [6.45, 7) is 7.28. The smallest absolute Gasteiger partial charge is 0.333 e. The van der Waals surface area contributed by atoms with E-state index in [2.05, 4.69) is 17.9 Å². The molecule has 8 nitrogen and oxygen atoms in total. The van der Waals surface area contributed by atoms with Crippen molar-refractivity contribution in [3.05, 3.63) is 24.8 Å². The summed E-state index contributed by atoms with van der Waals surface area (Å²) in [4.78, 5) is 21.8. The lowest BCUT2D eigenvalue weighted by Crippen LogP contribution is -2.26. The molecule has 2 unspecified atom stereocenters. The predicted octanol–water partition coefficient (Wildman–Crippen LogP) is -0.453. The molecule has 8 heteroatoms. The van der Waals surface area contributed by atoms with E-state index in [0.717, 1.165) is 6.08 Å². The molecule has 0 fully saturated rings. The molecule has 0 bridgehead atoms. The summed E-state index contributed by atoms with van der Waals surface area (Å²) in [6.07, 6.45) is -1.00. The Morgan fingerprint density at radius 1 is 1.05 bits per heavy atom. The van der Waals surface area contributed by atoms with Crippen molar-refractivity contribution >= 4 is 11.9 Å². The molecule has 2 N–H and O–H groups in total. The van der Waals surface area contributed by atoms with Gasteiger partial charge in [0.15, 0.2) is 0 Å². The third-order valence-electron chi connectivity index (χ3n) is 2.13. The Morgan fingerprint density at radius 3 is 2.00 bits per heavy atom. The Balaban J connectivity index is 3.55. The molecule has 0 saturated carbocycles. The molecule has 0 aromatic carbocycles. The largest absolute Gasteiger partial charge is 0.460 e. The van der Waals surface area contributed by atoms with Crippen molar-refractivity contribution in [3.63, 3.8) is 0 Å². The zero-order valence-electron chi connectivity index (χ0n) is 12.5. The molecular weight excluding hydrogens is 296 g/mol. The summed E-state index contributed by atoms with van der Waals surface area (Å²) in [5.41, 5.74) is 0.239. The van der Waals surface area contributed by atoms with Crippen molar-refractivity contribution in [2.24, 2.45) is 0 Å². The van der Waals surface area contributed by atoms with E-state index < -0.39 is 24.1 Å². The molecule has 126 valence electrons. The van der Waals surface area contributed by atoms with Gasteiger partial charge in [0, 0.05) is 11.6 Å². The maximum absolute atomic E-state index is 11.1. The molecule has 0 amide bonds. The first kappa shape index (κ1) is 20.3. The number of carbonyl (C=O) groups excluding carboxylic acids is 2. The van der Waals surface area contributed by atoms with E-state index in [1.54, 1.807) is 0 Å². The number of esters is 2. The molecule has 0 aliphatic heterocycles. The summed E-state index contributed by atoms with van der Waals surface area (Å²) in [7, 11) is 0. The molecule has 0 spiro atoms. The highest BCUT2D eigenvalue weighted by atomic mass is 16.7.